The van der Waals surface area contributed by atoms with Crippen LogP contribution < -0.4 is 11.1 Å². The van der Waals surface area contributed by atoms with Gasteiger partial charge in [0, 0.05) is 24.8 Å². The highest BCUT2D eigenvalue weighted by Crippen LogP contribution is 2.16. The van der Waals surface area contributed by atoms with E-state index in [1.54, 1.807) is 6.20 Å². The minimum atomic E-state index is 0.0548. The van der Waals surface area contributed by atoms with Crippen molar-refractivity contribution >= 4 is 5.84 Å². The Bertz CT molecular complexity index is 476. The predicted octanol–water partition coefficient (Wildman–Crippen LogP) is 0.748. The summed E-state index contributed by atoms with van der Waals surface area (Å²) in [5, 5.41) is 15.4. The number of piperidine rings is 1. The number of nitrogens with one attached hydrogen (secondary N) is 1. The SMILES string of the molecule is CC1CC(NCc2cccnc2/C(N)=N/O)CCN1C. The van der Waals surface area contributed by atoms with Gasteiger partial charge in [-0.05, 0) is 45.0 Å². The molecule has 0 saturated carbocycles. The zero-order valence-corrected chi connectivity index (χ0v) is 12.1. The van der Waals surface area contributed by atoms with Gasteiger partial charge in [0.2, 0.25) is 0 Å². The first-order valence-corrected chi connectivity index (χ1v) is 6.97. The van der Waals surface area contributed by atoms with E-state index >= 15 is 0 Å². The molecule has 110 valence electrons. The highest BCUT2D eigenvalue weighted by molar-refractivity contribution is 5.96. The largest absolute Gasteiger partial charge is 0.409 e. The van der Waals surface area contributed by atoms with Gasteiger partial charge in [0.1, 0.15) is 5.69 Å². The van der Waals surface area contributed by atoms with Gasteiger partial charge in [-0.15, -0.1) is 0 Å². The van der Waals surface area contributed by atoms with Gasteiger partial charge in [-0.3, -0.25) is 4.98 Å². The monoisotopic (exact) mass is 277 g/mol. The van der Waals surface area contributed by atoms with Crippen LogP contribution in [0.25, 0.3) is 0 Å². The van der Waals surface area contributed by atoms with Gasteiger partial charge in [-0.25, -0.2) is 0 Å². The van der Waals surface area contributed by atoms with Crippen LogP contribution in [0.1, 0.15) is 31.0 Å². The first-order valence-electron chi connectivity index (χ1n) is 6.97. The van der Waals surface area contributed by atoms with Crippen LogP contribution in [0.4, 0.5) is 0 Å². The average Bonchev–Trinajstić information content (AvgIpc) is 2.48. The molecule has 0 aromatic carbocycles. The number of nitrogens with two attached hydrogens (primary N) is 1. The second-order valence-corrected chi connectivity index (χ2v) is 5.43. The Labute approximate surface area is 119 Å². The number of hydrogen-bond acceptors (Lipinski definition) is 5. The molecule has 4 N–H and O–H groups in total. The van der Waals surface area contributed by atoms with Crippen LogP contribution in [0.2, 0.25) is 0 Å². The normalized spacial score (nSPS) is 24.8. The molecular weight excluding hydrogens is 254 g/mol. The molecule has 6 heteroatoms. The van der Waals surface area contributed by atoms with Crippen LogP contribution in [0.3, 0.4) is 0 Å². The van der Waals surface area contributed by atoms with E-state index in [-0.39, 0.29) is 5.84 Å². The highest BCUT2D eigenvalue weighted by Gasteiger charge is 2.22. The van der Waals surface area contributed by atoms with Crippen LogP contribution in [0.15, 0.2) is 23.5 Å². The second-order valence-electron chi connectivity index (χ2n) is 5.43. The topological polar surface area (TPSA) is 86.8 Å². The predicted molar refractivity (Wildman–Crippen MR) is 78.7 cm³/mol. The molecule has 0 radical (unpaired) electrons. The molecular formula is C14H23N5O. The molecule has 1 aromatic heterocycles. The first-order chi connectivity index (χ1) is 9.61. The lowest BCUT2D eigenvalue weighted by Gasteiger charge is -2.35. The fourth-order valence-electron chi connectivity index (χ4n) is 2.59. The van der Waals surface area contributed by atoms with Crippen molar-refractivity contribution in [2.75, 3.05) is 13.6 Å². The van der Waals surface area contributed by atoms with Crippen LogP contribution in [0, 0.1) is 0 Å². The fraction of sp³-hybridized carbons (Fsp3) is 0.571. The Morgan fingerprint density at radius 1 is 1.65 bits per heavy atom. The summed E-state index contributed by atoms with van der Waals surface area (Å²) in [5.74, 6) is 0.0548. The lowest BCUT2D eigenvalue weighted by atomic mass is 9.98. The Morgan fingerprint density at radius 2 is 2.45 bits per heavy atom. The molecule has 0 bridgehead atoms. The fourth-order valence-corrected chi connectivity index (χ4v) is 2.59. The molecule has 1 fully saturated rings. The molecule has 0 aliphatic carbocycles. The quantitative estimate of drug-likeness (QED) is 0.327. The minimum absolute atomic E-state index is 0.0548. The standard InChI is InChI=1S/C14H23N5O/c1-10-8-12(5-7-19(10)2)17-9-11-4-3-6-16-13(11)14(15)18-20/h3-4,6,10,12,17,20H,5,7-9H2,1-2H3,(H2,15,18). The third-order valence-electron chi connectivity index (χ3n) is 4.03. The molecule has 20 heavy (non-hydrogen) atoms. The number of pyridine rings is 1. The van der Waals surface area contributed by atoms with E-state index in [0.717, 1.165) is 24.9 Å². The van der Waals surface area contributed by atoms with Crippen molar-refractivity contribution in [1.82, 2.24) is 15.2 Å². The zero-order valence-electron chi connectivity index (χ0n) is 12.1. The molecule has 2 unspecified atom stereocenters. The van der Waals surface area contributed by atoms with Crippen molar-refractivity contribution in [3.05, 3.63) is 29.6 Å². The Balaban J connectivity index is 1.98. The second kappa shape index (κ2) is 6.67. The summed E-state index contributed by atoms with van der Waals surface area (Å²) in [6.07, 6.45) is 3.92. The molecule has 0 spiro atoms. The zero-order chi connectivity index (χ0) is 14.5. The molecule has 0 amide bonds. The van der Waals surface area contributed by atoms with Crippen LogP contribution in [-0.4, -0.2) is 46.6 Å². The summed E-state index contributed by atoms with van der Waals surface area (Å²) >= 11 is 0. The van der Waals surface area contributed by atoms with Crippen LogP contribution >= 0.6 is 0 Å². The number of rotatable bonds is 4. The summed E-state index contributed by atoms with van der Waals surface area (Å²) in [5.41, 5.74) is 7.15. The van der Waals surface area contributed by atoms with Crippen LogP contribution in [-0.2, 0) is 6.54 Å². The van der Waals surface area contributed by atoms with Gasteiger partial charge in [0.05, 0.1) is 0 Å². The highest BCUT2D eigenvalue weighted by atomic mass is 16.4. The summed E-state index contributed by atoms with van der Waals surface area (Å²) in [6.45, 7) is 4.04. The number of amidine groups is 1. The maximum atomic E-state index is 8.79. The van der Waals surface area contributed by atoms with E-state index in [2.05, 4.69) is 34.3 Å². The van der Waals surface area contributed by atoms with Gasteiger partial charge in [0.15, 0.2) is 5.84 Å². The third kappa shape index (κ3) is 3.46. The van der Waals surface area contributed by atoms with Gasteiger partial charge in [0.25, 0.3) is 0 Å². The van der Waals surface area contributed by atoms with Crippen molar-refractivity contribution < 1.29 is 5.21 Å². The van der Waals surface area contributed by atoms with E-state index in [4.69, 9.17) is 10.9 Å². The summed E-state index contributed by atoms with van der Waals surface area (Å²) < 4.78 is 0. The van der Waals surface area contributed by atoms with Gasteiger partial charge in [-0.2, -0.15) is 0 Å². The molecule has 1 aliphatic rings. The van der Waals surface area contributed by atoms with Crippen molar-refractivity contribution in [2.24, 2.45) is 10.9 Å². The van der Waals surface area contributed by atoms with Crippen molar-refractivity contribution in [2.45, 2.75) is 38.4 Å². The summed E-state index contributed by atoms with van der Waals surface area (Å²) in [6, 6.07) is 4.91. The Hall–Kier alpha value is -1.66. The van der Waals surface area contributed by atoms with E-state index in [9.17, 15) is 0 Å². The lowest BCUT2D eigenvalue weighted by Crippen LogP contribution is -2.45. The summed E-state index contributed by atoms with van der Waals surface area (Å²) in [4.78, 5) is 6.56. The number of nitrogens with zero attached hydrogens (tertiary/aromatic N) is 3. The molecule has 1 aliphatic heterocycles. The van der Waals surface area contributed by atoms with Crippen molar-refractivity contribution in [3.63, 3.8) is 0 Å². The van der Waals surface area contributed by atoms with Gasteiger partial charge in [-0.1, -0.05) is 11.2 Å². The van der Waals surface area contributed by atoms with E-state index in [1.165, 1.54) is 0 Å². The Kier molecular flexibility index (Phi) is 4.92. The van der Waals surface area contributed by atoms with Crippen molar-refractivity contribution in [3.8, 4) is 0 Å². The molecule has 2 heterocycles. The number of hydrogen-bond donors (Lipinski definition) is 3. The maximum Gasteiger partial charge on any atom is 0.189 e. The number of oxime groups is 1. The van der Waals surface area contributed by atoms with Crippen molar-refractivity contribution in [1.29, 1.82) is 0 Å². The van der Waals surface area contributed by atoms with Crippen LogP contribution in [0.5, 0.6) is 0 Å². The number of likely N-dealkylation sites (tertiary alicyclic amines) is 1. The molecule has 1 aromatic rings. The lowest BCUT2D eigenvalue weighted by molar-refractivity contribution is 0.168. The first kappa shape index (κ1) is 14.7. The Morgan fingerprint density at radius 3 is 3.15 bits per heavy atom. The van der Waals surface area contributed by atoms with Gasteiger partial charge >= 0.3 is 0 Å². The smallest absolute Gasteiger partial charge is 0.189 e. The summed E-state index contributed by atoms with van der Waals surface area (Å²) in [7, 11) is 2.17. The maximum absolute atomic E-state index is 8.79. The van der Waals surface area contributed by atoms with E-state index in [0.29, 0.717) is 24.3 Å². The molecule has 1 saturated heterocycles. The van der Waals surface area contributed by atoms with E-state index in [1.807, 2.05) is 12.1 Å². The molecule has 2 atom stereocenters. The molecule has 2 rings (SSSR count). The minimum Gasteiger partial charge on any atom is -0.409 e. The van der Waals surface area contributed by atoms with Gasteiger partial charge < -0.3 is 21.2 Å². The third-order valence-corrected chi connectivity index (χ3v) is 4.03. The average molecular weight is 277 g/mol. The molecule has 6 nitrogen and oxygen atoms in total. The van der Waals surface area contributed by atoms with E-state index < -0.39 is 0 Å². The number of aromatic nitrogens is 1.